The van der Waals surface area contributed by atoms with Gasteiger partial charge in [-0.15, -0.1) is 10.2 Å². The Balaban J connectivity index is 1.51. The van der Waals surface area contributed by atoms with Gasteiger partial charge in [0.15, 0.2) is 4.34 Å². The van der Waals surface area contributed by atoms with E-state index in [0.717, 1.165) is 21.0 Å². The lowest BCUT2D eigenvalue weighted by Gasteiger charge is -2.04. The monoisotopic (exact) mass is 383 g/mol. The van der Waals surface area contributed by atoms with Crippen molar-refractivity contribution in [1.82, 2.24) is 10.2 Å². The fourth-order valence-corrected chi connectivity index (χ4v) is 4.20. The average Bonchev–Trinajstić information content (AvgIpc) is 3.07. The number of para-hydroxylation sites is 1. The summed E-state index contributed by atoms with van der Waals surface area (Å²) in [5, 5.41) is 22.6. The van der Waals surface area contributed by atoms with Gasteiger partial charge in [-0.05, 0) is 29.8 Å². The van der Waals surface area contributed by atoms with E-state index >= 15 is 0 Å². The predicted molar refractivity (Wildman–Crippen MR) is 103 cm³/mol. The fraction of sp³-hybridized carbons (Fsp3) is 0.0556. The van der Waals surface area contributed by atoms with E-state index in [1.165, 1.54) is 35.2 Å². The first-order valence-corrected chi connectivity index (χ1v) is 9.52. The number of hydrogen-bond acceptors (Lipinski definition) is 8. The molecule has 0 saturated carbocycles. The van der Waals surface area contributed by atoms with Crippen LogP contribution in [0.5, 0.6) is 5.75 Å². The molecule has 0 saturated heterocycles. The number of rotatable bonds is 5. The number of hydrogen-bond donors (Lipinski definition) is 2. The second-order valence-corrected chi connectivity index (χ2v) is 7.62. The molecule has 0 bridgehead atoms. The Labute approximate surface area is 156 Å². The van der Waals surface area contributed by atoms with Gasteiger partial charge < -0.3 is 14.8 Å². The standard InChI is InChI=1S/C18H13N3O3S2/c22-13-6-7-14-11(8-16(23)24-15(14)9-13)10-25-18-21-20-17(26-18)19-12-4-2-1-3-5-12/h1-9,22H,10H2,(H,19,20). The number of thioether (sulfide) groups is 1. The van der Waals surface area contributed by atoms with Gasteiger partial charge in [0.1, 0.15) is 11.3 Å². The summed E-state index contributed by atoms with van der Waals surface area (Å²) in [4.78, 5) is 11.7. The second-order valence-electron chi connectivity index (χ2n) is 5.42. The Bertz CT molecular complexity index is 1110. The minimum absolute atomic E-state index is 0.0613. The van der Waals surface area contributed by atoms with Crippen LogP contribution in [0.2, 0.25) is 0 Å². The Hall–Kier alpha value is -2.84. The summed E-state index contributed by atoms with van der Waals surface area (Å²) >= 11 is 2.94. The van der Waals surface area contributed by atoms with E-state index in [-0.39, 0.29) is 5.75 Å². The van der Waals surface area contributed by atoms with Crippen LogP contribution in [0.4, 0.5) is 10.8 Å². The van der Waals surface area contributed by atoms with Gasteiger partial charge in [0.05, 0.1) is 0 Å². The minimum atomic E-state index is -0.442. The van der Waals surface area contributed by atoms with Gasteiger partial charge in [0.2, 0.25) is 5.13 Å². The van der Waals surface area contributed by atoms with Gasteiger partial charge >= 0.3 is 5.63 Å². The highest BCUT2D eigenvalue weighted by Crippen LogP contribution is 2.32. The molecule has 0 radical (unpaired) electrons. The first kappa shape index (κ1) is 16.6. The highest BCUT2D eigenvalue weighted by atomic mass is 32.2. The van der Waals surface area contributed by atoms with Crippen molar-refractivity contribution in [3.8, 4) is 5.75 Å². The maximum atomic E-state index is 11.7. The highest BCUT2D eigenvalue weighted by Gasteiger charge is 2.10. The molecule has 0 fully saturated rings. The summed E-state index contributed by atoms with van der Waals surface area (Å²) in [7, 11) is 0. The molecular weight excluding hydrogens is 370 g/mol. The maximum absolute atomic E-state index is 11.7. The topological polar surface area (TPSA) is 88.2 Å². The van der Waals surface area contributed by atoms with E-state index in [2.05, 4.69) is 15.5 Å². The molecule has 0 amide bonds. The lowest BCUT2D eigenvalue weighted by atomic mass is 10.1. The van der Waals surface area contributed by atoms with E-state index in [9.17, 15) is 9.90 Å². The predicted octanol–water partition coefficient (Wildman–Crippen LogP) is 4.39. The van der Waals surface area contributed by atoms with E-state index < -0.39 is 5.63 Å². The molecule has 0 aliphatic rings. The van der Waals surface area contributed by atoms with Crippen LogP contribution in [0.1, 0.15) is 5.56 Å². The highest BCUT2D eigenvalue weighted by molar-refractivity contribution is 8.00. The van der Waals surface area contributed by atoms with Crippen molar-refractivity contribution in [2.45, 2.75) is 10.1 Å². The molecular formula is C18H13N3O3S2. The van der Waals surface area contributed by atoms with Gasteiger partial charge in [0.25, 0.3) is 0 Å². The summed E-state index contributed by atoms with van der Waals surface area (Å²) in [5.74, 6) is 0.610. The molecule has 26 heavy (non-hydrogen) atoms. The number of phenols is 1. The maximum Gasteiger partial charge on any atom is 0.336 e. The van der Waals surface area contributed by atoms with Gasteiger partial charge in [-0.1, -0.05) is 41.3 Å². The molecule has 2 heterocycles. The number of anilines is 2. The third-order valence-electron chi connectivity index (χ3n) is 3.60. The molecule has 0 spiro atoms. The fourth-order valence-electron chi connectivity index (χ4n) is 2.44. The number of aromatic nitrogens is 2. The van der Waals surface area contributed by atoms with Crippen molar-refractivity contribution in [2.75, 3.05) is 5.32 Å². The van der Waals surface area contributed by atoms with Gasteiger partial charge in [-0.2, -0.15) is 0 Å². The molecule has 4 aromatic rings. The lowest BCUT2D eigenvalue weighted by Crippen LogP contribution is -1.99. The zero-order valence-electron chi connectivity index (χ0n) is 13.4. The van der Waals surface area contributed by atoms with Crippen molar-refractivity contribution in [1.29, 1.82) is 0 Å². The Morgan fingerprint density at radius 3 is 2.81 bits per heavy atom. The van der Waals surface area contributed by atoms with Crippen LogP contribution < -0.4 is 10.9 Å². The van der Waals surface area contributed by atoms with E-state index in [4.69, 9.17) is 4.42 Å². The zero-order chi connectivity index (χ0) is 17.9. The molecule has 8 heteroatoms. The minimum Gasteiger partial charge on any atom is -0.508 e. The summed E-state index contributed by atoms with van der Waals surface area (Å²) in [6, 6.07) is 16.0. The normalized spacial score (nSPS) is 10.9. The quantitative estimate of drug-likeness (QED) is 0.390. The molecule has 0 aliphatic carbocycles. The first-order chi connectivity index (χ1) is 12.7. The summed E-state index contributed by atoms with van der Waals surface area (Å²) in [6.07, 6.45) is 0. The molecule has 0 atom stereocenters. The summed E-state index contributed by atoms with van der Waals surface area (Å²) in [5.41, 5.74) is 1.71. The number of phenolic OH excluding ortho intramolecular Hbond substituents is 1. The third kappa shape index (κ3) is 3.71. The molecule has 130 valence electrons. The zero-order valence-corrected chi connectivity index (χ0v) is 15.0. The summed E-state index contributed by atoms with van der Waals surface area (Å²) < 4.78 is 5.94. The van der Waals surface area contributed by atoms with Crippen LogP contribution in [0, 0.1) is 0 Å². The van der Waals surface area contributed by atoms with E-state index in [1.807, 2.05) is 30.3 Å². The van der Waals surface area contributed by atoms with E-state index in [0.29, 0.717) is 16.5 Å². The Kier molecular flexibility index (Phi) is 4.59. The summed E-state index contributed by atoms with van der Waals surface area (Å²) in [6.45, 7) is 0. The van der Waals surface area contributed by atoms with Crippen molar-refractivity contribution >= 4 is 44.9 Å². The number of nitrogens with one attached hydrogen (secondary N) is 1. The largest absolute Gasteiger partial charge is 0.508 e. The number of nitrogens with zero attached hydrogens (tertiary/aromatic N) is 2. The van der Waals surface area contributed by atoms with Gasteiger partial charge in [0, 0.05) is 29.0 Å². The molecule has 2 aromatic heterocycles. The van der Waals surface area contributed by atoms with Gasteiger partial charge in [-0.25, -0.2) is 4.79 Å². The van der Waals surface area contributed by atoms with Crippen LogP contribution in [0.3, 0.4) is 0 Å². The van der Waals surface area contributed by atoms with Gasteiger partial charge in [-0.3, -0.25) is 0 Å². The van der Waals surface area contributed by atoms with Crippen LogP contribution in [-0.4, -0.2) is 15.3 Å². The Morgan fingerprint density at radius 2 is 1.96 bits per heavy atom. The molecule has 0 unspecified atom stereocenters. The average molecular weight is 383 g/mol. The number of fused-ring (bicyclic) bond motifs is 1. The van der Waals surface area contributed by atoms with Crippen molar-refractivity contribution in [2.24, 2.45) is 0 Å². The third-order valence-corrected chi connectivity index (χ3v) is 5.62. The van der Waals surface area contributed by atoms with Crippen molar-refractivity contribution < 1.29 is 9.52 Å². The number of benzene rings is 2. The van der Waals surface area contributed by atoms with Crippen LogP contribution in [0.15, 0.2) is 68.1 Å². The lowest BCUT2D eigenvalue weighted by molar-refractivity contribution is 0.473. The molecule has 6 nitrogen and oxygen atoms in total. The molecule has 0 aliphatic heterocycles. The van der Waals surface area contributed by atoms with Crippen molar-refractivity contribution in [3.63, 3.8) is 0 Å². The van der Waals surface area contributed by atoms with Crippen LogP contribution in [0.25, 0.3) is 11.0 Å². The molecule has 2 N–H and O–H groups in total. The van der Waals surface area contributed by atoms with Crippen LogP contribution in [-0.2, 0) is 5.75 Å². The molecule has 2 aromatic carbocycles. The first-order valence-electron chi connectivity index (χ1n) is 7.71. The van der Waals surface area contributed by atoms with E-state index in [1.54, 1.807) is 12.1 Å². The smallest absolute Gasteiger partial charge is 0.336 e. The number of aromatic hydroxyl groups is 1. The van der Waals surface area contributed by atoms with Crippen LogP contribution >= 0.6 is 23.1 Å². The Morgan fingerprint density at radius 1 is 1.12 bits per heavy atom. The second kappa shape index (κ2) is 7.19. The molecule has 4 rings (SSSR count). The SMILES string of the molecule is O=c1cc(CSc2nnc(Nc3ccccc3)s2)c2ccc(O)cc2o1. The van der Waals surface area contributed by atoms with Crippen molar-refractivity contribution in [3.05, 3.63) is 70.6 Å².